The van der Waals surface area contributed by atoms with E-state index in [4.69, 9.17) is 13.6 Å². The van der Waals surface area contributed by atoms with Crippen molar-refractivity contribution in [2.75, 3.05) is 6.61 Å². The molecule has 1 amide bonds. The number of hydrogen-bond donors (Lipinski definition) is 1. The van der Waals surface area contributed by atoms with Crippen molar-refractivity contribution < 1.29 is 18.4 Å². The lowest BCUT2D eigenvalue weighted by Gasteiger charge is -2.10. The van der Waals surface area contributed by atoms with Crippen LogP contribution in [0.25, 0.3) is 0 Å². The van der Waals surface area contributed by atoms with E-state index < -0.39 is 11.5 Å². The van der Waals surface area contributed by atoms with E-state index in [-0.39, 0.29) is 24.1 Å². The fourth-order valence-electron chi connectivity index (χ4n) is 2.52. The van der Waals surface area contributed by atoms with Crippen molar-refractivity contribution in [3.8, 4) is 0 Å². The maximum absolute atomic E-state index is 12.2. The number of aromatic nitrogens is 2. The zero-order valence-electron chi connectivity index (χ0n) is 12.9. The van der Waals surface area contributed by atoms with E-state index in [0.29, 0.717) is 23.8 Å². The first-order chi connectivity index (χ1) is 11.0. The normalized spacial score (nSPS) is 17.4. The standard InChI is InChI=1S/C15H17N3O5/c1-8-6-11(10-4-3-5-21-10)23-15(20)13(8)14(19)16-7-12-18-17-9(2)22-12/h6,10H,3-5,7H2,1-2H3,(H,16,19). The summed E-state index contributed by atoms with van der Waals surface area (Å²) < 4.78 is 15.9. The van der Waals surface area contributed by atoms with Crippen LogP contribution in [0, 0.1) is 13.8 Å². The van der Waals surface area contributed by atoms with Gasteiger partial charge in [0.15, 0.2) is 0 Å². The second-order valence-corrected chi connectivity index (χ2v) is 5.39. The van der Waals surface area contributed by atoms with Gasteiger partial charge in [-0.3, -0.25) is 4.79 Å². The van der Waals surface area contributed by atoms with Gasteiger partial charge in [0.2, 0.25) is 11.8 Å². The molecule has 1 saturated heterocycles. The van der Waals surface area contributed by atoms with Gasteiger partial charge in [0.25, 0.3) is 5.91 Å². The Hall–Kier alpha value is -2.48. The molecule has 0 spiro atoms. The molecule has 0 aliphatic carbocycles. The third-order valence-electron chi connectivity index (χ3n) is 3.61. The predicted octanol–water partition coefficient (Wildman–Crippen LogP) is 1.42. The highest BCUT2D eigenvalue weighted by Gasteiger charge is 2.24. The van der Waals surface area contributed by atoms with Crippen LogP contribution in [0.1, 0.15) is 52.4 Å². The highest BCUT2D eigenvalue weighted by Crippen LogP contribution is 2.28. The summed E-state index contributed by atoms with van der Waals surface area (Å²) in [6.07, 6.45) is 1.53. The first-order valence-corrected chi connectivity index (χ1v) is 7.38. The molecular weight excluding hydrogens is 302 g/mol. The van der Waals surface area contributed by atoms with Crippen LogP contribution in [0.2, 0.25) is 0 Å². The molecule has 23 heavy (non-hydrogen) atoms. The Bertz CT molecular complexity index is 774. The Balaban J connectivity index is 1.76. The molecule has 1 aliphatic heterocycles. The monoisotopic (exact) mass is 319 g/mol. The lowest BCUT2D eigenvalue weighted by Crippen LogP contribution is -2.29. The average Bonchev–Trinajstić information content (AvgIpc) is 3.15. The van der Waals surface area contributed by atoms with Crippen LogP contribution in [-0.2, 0) is 11.3 Å². The van der Waals surface area contributed by atoms with Gasteiger partial charge in [0.1, 0.15) is 17.4 Å². The summed E-state index contributed by atoms with van der Waals surface area (Å²) in [4.78, 5) is 24.3. The largest absolute Gasteiger partial charge is 0.424 e. The second kappa shape index (κ2) is 6.33. The van der Waals surface area contributed by atoms with Crippen molar-refractivity contribution >= 4 is 5.91 Å². The molecule has 1 fully saturated rings. The Kier molecular flexibility index (Phi) is 4.24. The molecule has 122 valence electrons. The summed E-state index contributed by atoms with van der Waals surface area (Å²) >= 11 is 0. The molecule has 3 rings (SSSR count). The van der Waals surface area contributed by atoms with Crippen LogP contribution < -0.4 is 10.9 Å². The van der Waals surface area contributed by atoms with Crippen molar-refractivity contribution in [3.05, 3.63) is 45.2 Å². The van der Waals surface area contributed by atoms with Crippen molar-refractivity contribution in [1.29, 1.82) is 0 Å². The van der Waals surface area contributed by atoms with E-state index in [0.717, 1.165) is 12.8 Å². The van der Waals surface area contributed by atoms with Crippen LogP contribution in [-0.4, -0.2) is 22.7 Å². The van der Waals surface area contributed by atoms with Crippen LogP contribution in [0.4, 0.5) is 0 Å². The number of rotatable bonds is 4. The quantitative estimate of drug-likeness (QED) is 0.908. The number of carbonyl (C=O) groups is 1. The van der Waals surface area contributed by atoms with Gasteiger partial charge in [-0.1, -0.05) is 0 Å². The Morgan fingerprint density at radius 3 is 2.78 bits per heavy atom. The van der Waals surface area contributed by atoms with Crippen molar-refractivity contribution in [2.24, 2.45) is 0 Å². The molecular formula is C15H17N3O5. The van der Waals surface area contributed by atoms with Crippen molar-refractivity contribution in [3.63, 3.8) is 0 Å². The molecule has 1 N–H and O–H groups in total. The first-order valence-electron chi connectivity index (χ1n) is 7.38. The minimum absolute atomic E-state index is 0.0250. The van der Waals surface area contributed by atoms with Gasteiger partial charge in [0.05, 0.1) is 6.54 Å². The first kappa shape index (κ1) is 15.4. The molecule has 0 bridgehead atoms. The zero-order valence-corrected chi connectivity index (χ0v) is 12.9. The molecule has 8 nitrogen and oxygen atoms in total. The Labute approximate surface area is 131 Å². The molecule has 1 aliphatic rings. The number of nitrogens with one attached hydrogen (secondary N) is 1. The summed E-state index contributed by atoms with van der Waals surface area (Å²) in [5.41, 5.74) is -0.149. The molecule has 2 aromatic rings. The van der Waals surface area contributed by atoms with Gasteiger partial charge in [-0.05, 0) is 31.4 Å². The highest BCUT2D eigenvalue weighted by molar-refractivity contribution is 5.94. The Morgan fingerprint density at radius 2 is 2.17 bits per heavy atom. The fraction of sp³-hybridized carbons (Fsp3) is 0.467. The summed E-state index contributed by atoms with van der Waals surface area (Å²) in [5, 5.41) is 10.0. The smallest absolute Gasteiger partial charge is 0.349 e. The van der Waals surface area contributed by atoms with Crippen LogP contribution in [0.3, 0.4) is 0 Å². The molecule has 0 aromatic carbocycles. The highest BCUT2D eigenvalue weighted by atomic mass is 16.5. The molecule has 2 aromatic heterocycles. The third-order valence-corrected chi connectivity index (χ3v) is 3.61. The van der Waals surface area contributed by atoms with E-state index in [9.17, 15) is 9.59 Å². The van der Waals surface area contributed by atoms with E-state index in [1.165, 1.54) is 0 Å². The molecule has 8 heteroatoms. The van der Waals surface area contributed by atoms with Gasteiger partial charge in [-0.25, -0.2) is 4.79 Å². The van der Waals surface area contributed by atoms with Crippen LogP contribution in [0.5, 0.6) is 0 Å². The fourth-order valence-corrected chi connectivity index (χ4v) is 2.52. The molecule has 3 heterocycles. The average molecular weight is 319 g/mol. The van der Waals surface area contributed by atoms with Gasteiger partial charge in [-0.2, -0.15) is 0 Å². The summed E-state index contributed by atoms with van der Waals surface area (Å²) in [5.74, 6) is 0.611. The van der Waals surface area contributed by atoms with Gasteiger partial charge >= 0.3 is 5.63 Å². The maximum atomic E-state index is 12.2. The minimum Gasteiger partial charge on any atom is -0.424 e. The third kappa shape index (κ3) is 3.31. The molecule has 0 radical (unpaired) electrons. The molecule has 0 saturated carbocycles. The number of hydrogen-bond acceptors (Lipinski definition) is 7. The van der Waals surface area contributed by atoms with Crippen molar-refractivity contribution in [2.45, 2.75) is 39.3 Å². The topological polar surface area (TPSA) is 107 Å². The predicted molar refractivity (Wildman–Crippen MR) is 77.8 cm³/mol. The van der Waals surface area contributed by atoms with Crippen molar-refractivity contribution in [1.82, 2.24) is 15.5 Å². The van der Waals surface area contributed by atoms with Gasteiger partial charge in [-0.15, -0.1) is 10.2 Å². The summed E-state index contributed by atoms with van der Waals surface area (Å²) in [6.45, 7) is 4.05. The van der Waals surface area contributed by atoms with E-state index >= 15 is 0 Å². The lowest BCUT2D eigenvalue weighted by atomic mass is 10.1. The zero-order chi connectivity index (χ0) is 16.4. The number of carbonyl (C=O) groups excluding carboxylic acids is 1. The van der Waals surface area contributed by atoms with E-state index in [2.05, 4.69) is 15.5 Å². The van der Waals surface area contributed by atoms with E-state index in [1.807, 2.05) is 0 Å². The number of ether oxygens (including phenoxy) is 1. The minimum atomic E-state index is -0.672. The van der Waals surface area contributed by atoms with Crippen LogP contribution in [0.15, 0.2) is 19.7 Å². The molecule has 1 unspecified atom stereocenters. The number of nitrogens with zero attached hydrogens (tertiary/aromatic N) is 2. The number of aryl methyl sites for hydroxylation is 2. The lowest BCUT2D eigenvalue weighted by molar-refractivity contribution is 0.0881. The van der Waals surface area contributed by atoms with Gasteiger partial charge < -0.3 is 18.9 Å². The second-order valence-electron chi connectivity index (χ2n) is 5.39. The molecule has 1 atom stereocenters. The van der Waals surface area contributed by atoms with Crippen LogP contribution >= 0.6 is 0 Å². The van der Waals surface area contributed by atoms with Gasteiger partial charge in [0, 0.05) is 13.5 Å². The maximum Gasteiger partial charge on any atom is 0.349 e. The SMILES string of the molecule is Cc1nnc(CNC(=O)c2c(C)cc(C3CCCO3)oc2=O)o1. The Morgan fingerprint density at radius 1 is 1.35 bits per heavy atom. The van der Waals surface area contributed by atoms with E-state index in [1.54, 1.807) is 19.9 Å². The summed E-state index contributed by atoms with van der Waals surface area (Å²) in [7, 11) is 0. The number of amides is 1. The summed E-state index contributed by atoms with van der Waals surface area (Å²) in [6, 6.07) is 1.68.